The molecule has 0 spiro atoms. The normalized spacial score (nSPS) is 12.3. The fourth-order valence-corrected chi connectivity index (χ4v) is 1.72. The van der Waals surface area contributed by atoms with Crippen LogP contribution in [0.5, 0.6) is 0 Å². The summed E-state index contributed by atoms with van der Waals surface area (Å²) in [4.78, 5) is 0. The maximum atomic E-state index is 8.80. The summed E-state index contributed by atoms with van der Waals surface area (Å²) in [6.45, 7) is 2.25. The average molecular weight is 211 g/mol. The Bertz CT molecular complexity index is 162. The van der Waals surface area contributed by atoms with Crippen LogP contribution in [0.1, 0.15) is 64.7 Å². The maximum absolute atomic E-state index is 8.80. The monoisotopic (exact) mass is 211 g/mol. The molecule has 0 aliphatic heterocycles. The topological polar surface area (TPSA) is 44.0 Å². The molecule has 0 heterocycles. The van der Waals surface area contributed by atoms with Crippen molar-refractivity contribution in [2.45, 2.75) is 64.7 Å². The number of nitriles is 1. The predicted molar refractivity (Wildman–Crippen MR) is 63.4 cm³/mol. The molecule has 0 saturated heterocycles. The van der Waals surface area contributed by atoms with Gasteiger partial charge in [-0.05, 0) is 6.42 Å². The molecule has 0 aromatic carbocycles. The van der Waals surface area contributed by atoms with Crippen LogP contribution in [0.4, 0.5) is 0 Å². The maximum Gasteiger partial charge on any atom is 0.0694 e. The van der Waals surface area contributed by atoms with E-state index in [0.717, 1.165) is 12.8 Å². The second-order valence-electron chi connectivity index (χ2n) is 4.27. The molecule has 0 bridgehead atoms. The number of unbranched alkanes of at least 4 members (excludes halogenated alkanes) is 7. The highest BCUT2D eigenvalue weighted by Crippen LogP contribution is 2.12. The summed E-state index contributed by atoms with van der Waals surface area (Å²) in [5.41, 5.74) is 0. The molecule has 0 aromatic rings. The van der Waals surface area contributed by atoms with E-state index in [2.05, 4.69) is 13.0 Å². The van der Waals surface area contributed by atoms with Gasteiger partial charge in [0.2, 0.25) is 0 Å². The van der Waals surface area contributed by atoms with Gasteiger partial charge in [-0.1, -0.05) is 58.3 Å². The van der Waals surface area contributed by atoms with Crippen LogP contribution >= 0.6 is 0 Å². The number of aliphatic hydroxyl groups excluding tert-OH is 1. The lowest BCUT2D eigenvalue weighted by Crippen LogP contribution is -2.02. The quantitative estimate of drug-likeness (QED) is 0.560. The Morgan fingerprint density at radius 3 is 2.00 bits per heavy atom. The van der Waals surface area contributed by atoms with Gasteiger partial charge in [0.05, 0.1) is 18.6 Å². The lowest BCUT2D eigenvalue weighted by molar-refractivity contribution is 0.247. The molecule has 2 heteroatoms. The first-order valence-corrected chi connectivity index (χ1v) is 6.35. The fraction of sp³-hybridized carbons (Fsp3) is 0.923. The number of rotatable bonds is 10. The van der Waals surface area contributed by atoms with Gasteiger partial charge in [0.25, 0.3) is 0 Å². The Balaban J connectivity index is 3.08. The first-order chi connectivity index (χ1) is 7.35. The molecule has 0 aliphatic carbocycles. The number of nitrogens with zero attached hydrogens (tertiary/aromatic N) is 1. The van der Waals surface area contributed by atoms with E-state index in [1.165, 1.54) is 44.9 Å². The van der Waals surface area contributed by atoms with Crippen LogP contribution in [0, 0.1) is 17.2 Å². The van der Waals surface area contributed by atoms with Gasteiger partial charge in [0.1, 0.15) is 0 Å². The zero-order chi connectivity index (χ0) is 11.4. The van der Waals surface area contributed by atoms with Gasteiger partial charge < -0.3 is 5.11 Å². The highest BCUT2D eigenvalue weighted by atomic mass is 16.3. The van der Waals surface area contributed by atoms with Gasteiger partial charge >= 0.3 is 0 Å². The van der Waals surface area contributed by atoms with Crippen molar-refractivity contribution in [2.24, 2.45) is 5.92 Å². The van der Waals surface area contributed by atoms with Crippen molar-refractivity contribution in [1.82, 2.24) is 0 Å². The SMILES string of the molecule is CCCCCCCCCCC(C#N)CO. The van der Waals surface area contributed by atoms with Gasteiger partial charge in [-0.15, -0.1) is 0 Å². The molecule has 0 aliphatic rings. The van der Waals surface area contributed by atoms with Crippen LogP contribution in [-0.4, -0.2) is 11.7 Å². The second kappa shape index (κ2) is 11.5. The zero-order valence-electron chi connectivity index (χ0n) is 10.0. The van der Waals surface area contributed by atoms with Crippen LogP contribution in [0.25, 0.3) is 0 Å². The fourth-order valence-electron chi connectivity index (χ4n) is 1.72. The molecule has 0 rings (SSSR count). The van der Waals surface area contributed by atoms with Crippen LogP contribution in [0.3, 0.4) is 0 Å². The van der Waals surface area contributed by atoms with E-state index in [0.29, 0.717) is 0 Å². The molecular formula is C13H25NO. The Morgan fingerprint density at radius 2 is 1.53 bits per heavy atom. The summed E-state index contributed by atoms with van der Waals surface area (Å²) in [6.07, 6.45) is 11.2. The highest BCUT2D eigenvalue weighted by molar-refractivity contribution is 4.81. The van der Waals surface area contributed by atoms with E-state index < -0.39 is 0 Å². The van der Waals surface area contributed by atoms with Crippen molar-refractivity contribution < 1.29 is 5.11 Å². The molecule has 0 radical (unpaired) electrons. The minimum Gasteiger partial charge on any atom is -0.395 e. The Labute approximate surface area is 94.3 Å². The number of hydrogen-bond donors (Lipinski definition) is 1. The van der Waals surface area contributed by atoms with E-state index in [9.17, 15) is 0 Å². The summed E-state index contributed by atoms with van der Waals surface area (Å²) < 4.78 is 0. The first kappa shape index (κ1) is 14.5. The third kappa shape index (κ3) is 9.75. The van der Waals surface area contributed by atoms with Crippen molar-refractivity contribution in [3.8, 4) is 6.07 Å². The van der Waals surface area contributed by atoms with Crippen LogP contribution in [0.15, 0.2) is 0 Å². The molecule has 0 fully saturated rings. The summed E-state index contributed by atoms with van der Waals surface area (Å²) in [5, 5.41) is 17.4. The van der Waals surface area contributed by atoms with Gasteiger partial charge in [0, 0.05) is 0 Å². The number of aliphatic hydroxyl groups is 1. The van der Waals surface area contributed by atoms with Crippen molar-refractivity contribution in [3.05, 3.63) is 0 Å². The van der Waals surface area contributed by atoms with Gasteiger partial charge in [-0.2, -0.15) is 5.26 Å². The van der Waals surface area contributed by atoms with Crippen molar-refractivity contribution in [1.29, 1.82) is 5.26 Å². The standard InChI is InChI=1S/C13H25NO/c1-2-3-4-5-6-7-8-9-10-13(11-14)12-15/h13,15H,2-10,12H2,1H3. The molecule has 0 saturated carbocycles. The van der Waals surface area contributed by atoms with Gasteiger partial charge in [-0.25, -0.2) is 0 Å². The van der Waals surface area contributed by atoms with E-state index in [1.807, 2.05) is 0 Å². The molecular weight excluding hydrogens is 186 g/mol. The van der Waals surface area contributed by atoms with E-state index in [4.69, 9.17) is 10.4 Å². The van der Waals surface area contributed by atoms with E-state index in [1.54, 1.807) is 0 Å². The van der Waals surface area contributed by atoms with Crippen molar-refractivity contribution in [3.63, 3.8) is 0 Å². The van der Waals surface area contributed by atoms with Crippen molar-refractivity contribution in [2.75, 3.05) is 6.61 Å². The van der Waals surface area contributed by atoms with Gasteiger partial charge in [-0.3, -0.25) is 0 Å². The predicted octanol–water partition coefficient (Wildman–Crippen LogP) is 3.65. The molecule has 88 valence electrons. The third-order valence-corrected chi connectivity index (χ3v) is 2.81. The number of hydrogen-bond acceptors (Lipinski definition) is 2. The van der Waals surface area contributed by atoms with E-state index >= 15 is 0 Å². The average Bonchev–Trinajstić information content (AvgIpc) is 2.27. The largest absolute Gasteiger partial charge is 0.395 e. The van der Waals surface area contributed by atoms with Crippen molar-refractivity contribution >= 4 is 0 Å². The van der Waals surface area contributed by atoms with Crippen LogP contribution < -0.4 is 0 Å². The molecule has 0 amide bonds. The third-order valence-electron chi connectivity index (χ3n) is 2.81. The molecule has 1 unspecified atom stereocenters. The summed E-state index contributed by atoms with van der Waals surface area (Å²) in [5.74, 6) is -0.134. The minimum atomic E-state index is -0.134. The van der Waals surface area contributed by atoms with Crippen LogP contribution in [-0.2, 0) is 0 Å². The molecule has 0 aromatic heterocycles. The lowest BCUT2D eigenvalue weighted by Gasteiger charge is -2.04. The Hall–Kier alpha value is -0.550. The molecule has 1 N–H and O–H groups in total. The highest BCUT2D eigenvalue weighted by Gasteiger charge is 2.03. The van der Waals surface area contributed by atoms with Gasteiger partial charge in [0.15, 0.2) is 0 Å². The minimum absolute atomic E-state index is 0.0208. The molecule has 15 heavy (non-hydrogen) atoms. The zero-order valence-corrected chi connectivity index (χ0v) is 10.0. The summed E-state index contributed by atoms with van der Waals surface area (Å²) in [6, 6.07) is 2.12. The Morgan fingerprint density at radius 1 is 1.00 bits per heavy atom. The summed E-state index contributed by atoms with van der Waals surface area (Å²) in [7, 11) is 0. The first-order valence-electron chi connectivity index (χ1n) is 6.35. The Kier molecular flexibility index (Phi) is 11.1. The smallest absolute Gasteiger partial charge is 0.0694 e. The second-order valence-corrected chi connectivity index (χ2v) is 4.27. The van der Waals surface area contributed by atoms with E-state index in [-0.39, 0.29) is 12.5 Å². The summed E-state index contributed by atoms with van der Waals surface area (Å²) >= 11 is 0. The lowest BCUT2D eigenvalue weighted by atomic mass is 10.0. The molecule has 1 atom stereocenters. The molecule has 2 nitrogen and oxygen atoms in total. The van der Waals surface area contributed by atoms with Crippen LogP contribution in [0.2, 0.25) is 0 Å².